The van der Waals surface area contributed by atoms with Crippen molar-refractivity contribution < 1.29 is 9.47 Å². The molecule has 0 saturated carbocycles. The first-order valence-electron chi connectivity index (χ1n) is 5.39. The number of benzene rings is 1. The second-order valence-electron chi connectivity index (χ2n) is 3.60. The van der Waals surface area contributed by atoms with Crippen molar-refractivity contribution >= 4 is 11.6 Å². The maximum Gasteiger partial charge on any atom is 0.216 e. The van der Waals surface area contributed by atoms with Gasteiger partial charge >= 0.3 is 0 Å². The van der Waals surface area contributed by atoms with Gasteiger partial charge in [0, 0.05) is 18.8 Å². The van der Waals surface area contributed by atoms with Crippen LogP contribution in [0.5, 0.6) is 17.4 Å². The second kappa shape index (κ2) is 5.71. The van der Waals surface area contributed by atoms with Crippen molar-refractivity contribution in [2.24, 2.45) is 5.73 Å². The van der Waals surface area contributed by atoms with Crippen LogP contribution < -0.4 is 15.2 Å². The monoisotopic (exact) mass is 264 g/mol. The molecule has 0 aliphatic rings. The summed E-state index contributed by atoms with van der Waals surface area (Å²) in [6.45, 7) is 0.447. The molecule has 1 aromatic heterocycles. The number of ether oxygens (including phenoxy) is 2. The molecule has 0 spiro atoms. The number of nitrogens with zero attached hydrogens (tertiary/aromatic N) is 1. The Kier molecular flexibility index (Phi) is 4.02. The minimum atomic E-state index is 0.447. The van der Waals surface area contributed by atoms with Crippen LogP contribution in [0, 0.1) is 0 Å². The number of methoxy groups -OCH3 is 1. The van der Waals surface area contributed by atoms with Crippen LogP contribution in [0.15, 0.2) is 36.5 Å². The Morgan fingerprint density at radius 1 is 1.28 bits per heavy atom. The Morgan fingerprint density at radius 3 is 2.78 bits per heavy atom. The highest BCUT2D eigenvalue weighted by Gasteiger charge is 2.05. The van der Waals surface area contributed by atoms with Crippen molar-refractivity contribution in [1.29, 1.82) is 0 Å². The van der Waals surface area contributed by atoms with Gasteiger partial charge in [0.2, 0.25) is 5.88 Å². The molecule has 18 heavy (non-hydrogen) atoms. The van der Waals surface area contributed by atoms with Gasteiger partial charge in [-0.25, -0.2) is 4.98 Å². The number of aromatic nitrogens is 1. The lowest BCUT2D eigenvalue weighted by Crippen LogP contribution is -1.96. The van der Waals surface area contributed by atoms with Crippen LogP contribution in [-0.4, -0.2) is 12.1 Å². The molecule has 0 bridgehead atoms. The first-order chi connectivity index (χ1) is 8.72. The van der Waals surface area contributed by atoms with Crippen molar-refractivity contribution in [2.75, 3.05) is 7.11 Å². The summed E-state index contributed by atoms with van der Waals surface area (Å²) in [7, 11) is 1.55. The summed E-state index contributed by atoms with van der Waals surface area (Å²) >= 11 is 6.10. The van der Waals surface area contributed by atoms with E-state index in [1.807, 2.05) is 6.07 Å². The zero-order valence-electron chi connectivity index (χ0n) is 9.89. The normalized spacial score (nSPS) is 10.2. The Morgan fingerprint density at radius 2 is 2.11 bits per heavy atom. The summed E-state index contributed by atoms with van der Waals surface area (Å²) in [4.78, 5) is 4.00. The van der Waals surface area contributed by atoms with E-state index >= 15 is 0 Å². The minimum Gasteiger partial charge on any atom is -0.481 e. The number of rotatable bonds is 4. The molecule has 1 heterocycles. The standard InChI is InChI=1S/C13H13ClN2O2/c1-17-13-7-10(4-5-16-13)18-12-3-2-9(8-15)6-11(12)14/h2-7H,8,15H2,1H3. The molecule has 2 N–H and O–H groups in total. The van der Waals surface area contributed by atoms with Gasteiger partial charge in [0.25, 0.3) is 0 Å². The maximum atomic E-state index is 6.10. The fraction of sp³-hybridized carbons (Fsp3) is 0.154. The van der Waals surface area contributed by atoms with Crippen LogP contribution in [0.1, 0.15) is 5.56 Å². The molecule has 0 atom stereocenters. The van der Waals surface area contributed by atoms with Crippen LogP contribution in [-0.2, 0) is 6.54 Å². The third kappa shape index (κ3) is 2.91. The molecule has 0 aliphatic carbocycles. The van der Waals surface area contributed by atoms with Crippen LogP contribution in [0.2, 0.25) is 5.02 Å². The molecule has 0 aliphatic heterocycles. The Hall–Kier alpha value is -1.78. The molecule has 0 fully saturated rings. The van der Waals surface area contributed by atoms with E-state index in [-0.39, 0.29) is 0 Å². The van der Waals surface area contributed by atoms with Crippen molar-refractivity contribution in [3.63, 3.8) is 0 Å². The first kappa shape index (κ1) is 12.7. The molecule has 0 amide bonds. The third-order valence-corrected chi connectivity index (χ3v) is 2.67. The van der Waals surface area contributed by atoms with Gasteiger partial charge in [0.15, 0.2) is 0 Å². The highest BCUT2D eigenvalue weighted by Crippen LogP contribution is 2.30. The predicted octanol–water partition coefficient (Wildman–Crippen LogP) is 2.99. The van der Waals surface area contributed by atoms with Crippen molar-refractivity contribution in [3.8, 4) is 17.4 Å². The fourth-order valence-corrected chi connectivity index (χ4v) is 1.69. The van der Waals surface area contributed by atoms with Gasteiger partial charge < -0.3 is 15.2 Å². The zero-order valence-corrected chi connectivity index (χ0v) is 10.6. The summed E-state index contributed by atoms with van der Waals surface area (Å²) < 4.78 is 10.7. The number of hydrogen-bond donors (Lipinski definition) is 1. The van der Waals surface area contributed by atoms with E-state index in [0.717, 1.165) is 5.56 Å². The number of halogens is 1. The van der Waals surface area contributed by atoms with E-state index in [1.165, 1.54) is 0 Å². The highest BCUT2D eigenvalue weighted by atomic mass is 35.5. The summed E-state index contributed by atoms with van der Waals surface area (Å²) in [5.74, 6) is 1.67. The number of hydrogen-bond acceptors (Lipinski definition) is 4. The van der Waals surface area contributed by atoms with E-state index in [4.69, 9.17) is 26.8 Å². The van der Waals surface area contributed by atoms with Crippen LogP contribution in [0.4, 0.5) is 0 Å². The molecule has 0 radical (unpaired) electrons. The summed E-state index contributed by atoms with van der Waals surface area (Å²) in [5.41, 5.74) is 6.49. The molecular weight excluding hydrogens is 252 g/mol. The molecule has 4 nitrogen and oxygen atoms in total. The van der Waals surface area contributed by atoms with Crippen molar-refractivity contribution in [2.45, 2.75) is 6.54 Å². The highest BCUT2D eigenvalue weighted by molar-refractivity contribution is 6.32. The molecule has 2 rings (SSSR count). The molecular formula is C13H13ClN2O2. The first-order valence-corrected chi connectivity index (χ1v) is 5.77. The van der Waals surface area contributed by atoms with E-state index in [1.54, 1.807) is 37.6 Å². The Bertz CT molecular complexity index is 546. The van der Waals surface area contributed by atoms with Gasteiger partial charge in [-0.3, -0.25) is 0 Å². The molecule has 5 heteroatoms. The van der Waals surface area contributed by atoms with E-state index in [0.29, 0.717) is 28.9 Å². The van der Waals surface area contributed by atoms with Crippen molar-refractivity contribution in [3.05, 3.63) is 47.1 Å². The van der Waals surface area contributed by atoms with Gasteiger partial charge in [0.1, 0.15) is 11.5 Å². The van der Waals surface area contributed by atoms with Crippen LogP contribution in [0.3, 0.4) is 0 Å². The lowest BCUT2D eigenvalue weighted by Gasteiger charge is -2.09. The lowest BCUT2D eigenvalue weighted by molar-refractivity contribution is 0.392. The number of nitrogens with two attached hydrogens (primary N) is 1. The van der Waals surface area contributed by atoms with E-state index in [9.17, 15) is 0 Å². The van der Waals surface area contributed by atoms with Gasteiger partial charge in [0.05, 0.1) is 12.1 Å². The SMILES string of the molecule is COc1cc(Oc2ccc(CN)cc2Cl)ccn1. The fourth-order valence-electron chi connectivity index (χ4n) is 1.45. The number of pyridine rings is 1. The van der Waals surface area contributed by atoms with E-state index < -0.39 is 0 Å². The quantitative estimate of drug-likeness (QED) is 0.922. The largest absolute Gasteiger partial charge is 0.481 e. The summed E-state index contributed by atoms with van der Waals surface area (Å²) in [6.07, 6.45) is 1.61. The van der Waals surface area contributed by atoms with Crippen molar-refractivity contribution in [1.82, 2.24) is 4.98 Å². The maximum absolute atomic E-state index is 6.10. The second-order valence-corrected chi connectivity index (χ2v) is 4.01. The summed E-state index contributed by atoms with van der Waals surface area (Å²) in [6, 6.07) is 8.87. The Balaban J connectivity index is 2.22. The minimum absolute atomic E-state index is 0.447. The summed E-state index contributed by atoms with van der Waals surface area (Å²) in [5, 5.41) is 0.522. The Labute approximate surface area is 110 Å². The van der Waals surface area contributed by atoms with Gasteiger partial charge in [-0.2, -0.15) is 0 Å². The molecule has 0 saturated heterocycles. The molecule has 1 aromatic carbocycles. The van der Waals surface area contributed by atoms with Gasteiger partial charge in [-0.15, -0.1) is 0 Å². The topological polar surface area (TPSA) is 57.4 Å². The van der Waals surface area contributed by atoms with Crippen LogP contribution in [0.25, 0.3) is 0 Å². The van der Waals surface area contributed by atoms with E-state index in [2.05, 4.69) is 4.98 Å². The molecule has 94 valence electrons. The van der Waals surface area contributed by atoms with Gasteiger partial charge in [-0.1, -0.05) is 17.7 Å². The average Bonchev–Trinajstić information content (AvgIpc) is 2.41. The molecule has 2 aromatic rings. The zero-order chi connectivity index (χ0) is 13.0. The van der Waals surface area contributed by atoms with Gasteiger partial charge in [-0.05, 0) is 23.8 Å². The average molecular weight is 265 g/mol. The lowest BCUT2D eigenvalue weighted by atomic mass is 10.2. The van der Waals surface area contributed by atoms with Crippen LogP contribution >= 0.6 is 11.6 Å². The predicted molar refractivity (Wildman–Crippen MR) is 70.2 cm³/mol. The molecule has 0 unspecified atom stereocenters. The third-order valence-electron chi connectivity index (χ3n) is 2.38. The smallest absolute Gasteiger partial charge is 0.216 e.